The van der Waals surface area contributed by atoms with Crippen LogP contribution in [0.25, 0.3) is 0 Å². The van der Waals surface area contributed by atoms with Crippen molar-refractivity contribution in [3.63, 3.8) is 0 Å². The van der Waals surface area contributed by atoms with Gasteiger partial charge in [-0.15, -0.1) is 0 Å². The van der Waals surface area contributed by atoms with E-state index in [2.05, 4.69) is 6.07 Å². The smallest absolute Gasteiger partial charge is 0.250 e. The number of nitrogens with two attached hydrogens (primary N) is 1. The lowest BCUT2D eigenvalue weighted by atomic mass is 10.2. The zero-order chi connectivity index (χ0) is 11.3. The monoisotopic (exact) mass is 205 g/mol. The van der Waals surface area contributed by atoms with Gasteiger partial charge in [0.25, 0.3) is 5.56 Å². The van der Waals surface area contributed by atoms with E-state index in [9.17, 15) is 4.79 Å². The molecule has 1 rings (SSSR count). The molecule has 0 radical (unpaired) electrons. The normalized spacial score (nSPS) is 9.87. The largest absolute Gasteiger partial charge is 0.397 e. The Morgan fingerprint density at radius 2 is 2.27 bits per heavy atom. The van der Waals surface area contributed by atoms with Gasteiger partial charge >= 0.3 is 0 Å². The fourth-order valence-corrected chi connectivity index (χ4v) is 1.35. The molecule has 0 atom stereocenters. The fraction of sp³-hybridized carbons (Fsp3) is 0.455. The predicted molar refractivity (Wildman–Crippen MR) is 59.3 cm³/mol. The molecule has 0 aliphatic heterocycles. The van der Waals surface area contributed by atoms with Gasteiger partial charge in [-0.05, 0) is 25.3 Å². The molecule has 0 aliphatic rings. The summed E-state index contributed by atoms with van der Waals surface area (Å²) in [7, 11) is 0. The lowest BCUT2D eigenvalue weighted by Crippen LogP contribution is -2.20. The van der Waals surface area contributed by atoms with Crippen LogP contribution < -0.4 is 11.3 Å². The Hall–Kier alpha value is -1.76. The quantitative estimate of drug-likeness (QED) is 0.756. The second-order valence-electron chi connectivity index (χ2n) is 3.56. The van der Waals surface area contributed by atoms with Crippen molar-refractivity contribution in [1.82, 2.24) is 4.57 Å². The number of anilines is 1. The van der Waals surface area contributed by atoms with Gasteiger partial charge < -0.3 is 10.3 Å². The molecule has 0 unspecified atom stereocenters. The van der Waals surface area contributed by atoms with E-state index in [0.29, 0.717) is 18.7 Å². The Kier molecular flexibility index (Phi) is 3.92. The van der Waals surface area contributed by atoms with Gasteiger partial charge in [0.2, 0.25) is 0 Å². The van der Waals surface area contributed by atoms with Crippen molar-refractivity contribution < 1.29 is 0 Å². The molecule has 0 fully saturated rings. The Morgan fingerprint density at radius 3 is 2.93 bits per heavy atom. The Balaban J connectivity index is 2.66. The molecule has 2 N–H and O–H groups in total. The zero-order valence-electron chi connectivity index (χ0n) is 8.86. The SMILES string of the molecule is Cc1cc(=O)n(CCCCC#N)cc1N. The molecular weight excluding hydrogens is 190 g/mol. The summed E-state index contributed by atoms with van der Waals surface area (Å²) in [6, 6.07) is 3.62. The van der Waals surface area contributed by atoms with E-state index in [4.69, 9.17) is 11.0 Å². The highest BCUT2D eigenvalue weighted by Crippen LogP contribution is 2.06. The Labute approximate surface area is 88.9 Å². The summed E-state index contributed by atoms with van der Waals surface area (Å²) in [5.41, 5.74) is 7.13. The van der Waals surface area contributed by atoms with Gasteiger partial charge in [0.15, 0.2) is 0 Å². The van der Waals surface area contributed by atoms with Crippen LogP contribution in [0.15, 0.2) is 17.1 Å². The molecule has 1 heterocycles. The number of aromatic nitrogens is 1. The van der Waals surface area contributed by atoms with Crippen molar-refractivity contribution in [2.75, 3.05) is 5.73 Å². The standard InChI is InChI=1S/C11H15N3O/c1-9-7-11(15)14(8-10(9)13)6-4-2-3-5-12/h7-8H,2-4,6,13H2,1H3. The van der Waals surface area contributed by atoms with Crippen LogP contribution in [-0.2, 0) is 6.54 Å². The average molecular weight is 205 g/mol. The van der Waals surface area contributed by atoms with Crippen LogP contribution in [0.2, 0.25) is 0 Å². The van der Waals surface area contributed by atoms with Crippen molar-refractivity contribution in [3.05, 3.63) is 28.2 Å². The first-order valence-corrected chi connectivity index (χ1v) is 4.98. The maximum Gasteiger partial charge on any atom is 0.250 e. The highest BCUT2D eigenvalue weighted by atomic mass is 16.1. The number of hydrogen-bond acceptors (Lipinski definition) is 3. The highest BCUT2D eigenvalue weighted by Gasteiger charge is 2.00. The van der Waals surface area contributed by atoms with E-state index in [1.54, 1.807) is 16.8 Å². The minimum atomic E-state index is -0.0290. The highest BCUT2D eigenvalue weighted by molar-refractivity contribution is 5.42. The minimum Gasteiger partial charge on any atom is -0.397 e. The summed E-state index contributed by atoms with van der Waals surface area (Å²) in [6.07, 6.45) is 3.85. The summed E-state index contributed by atoms with van der Waals surface area (Å²) in [5.74, 6) is 0. The lowest BCUT2D eigenvalue weighted by Gasteiger charge is -2.07. The molecule has 0 aromatic carbocycles. The molecule has 15 heavy (non-hydrogen) atoms. The third-order valence-electron chi connectivity index (χ3n) is 2.31. The van der Waals surface area contributed by atoms with Crippen LogP contribution in [0.1, 0.15) is 24.8 Å². The second kappa shape index (κ2) is 5.20. The van der Waals surface area contributed by atoms with Crippen molar-refractivity contribution in [2.24, 2.45) is 0 Å². The topological polar surface area (TPSA) is 71.8 Å². The van der Waals surface area contributed by atoms with E-state index in [-0.39, 0.29) is 5.56 Å². The number of aryl methyl sites for hydroxylation is 2. The summed E-state index contributed by atoms with van der Waals surface area (Å²) >= 11 is 0. The van der Waals surface area contributed by atoms with Gasteiger partial charge in [-0.2, -0.15) is 5.26 Å². The maximum absolute atomic E-state index is 11.5. The molecule has 0 spiro atoms. The molecule has 0 saturated carbocycles. The van der Waals surface area contributed by atoms with Crippen molar-refractivity contribution in [2.45, 2.75) is 32.7 Å². The summed E-state index contributed by atoms with van der Waals surface area (Å²) in [5, 5.41) is 8.36. The lowest BCUT2D eigenvalue weighted by molar-refractivity contribution is 0.600. The third kappa shape index (κ3) is 3.13. The molecule has 1 aromatic heterocycles. The van der Waals surface area contributed by atoms with E-state index in [0.717, 1.165) is 18.4 Å². The average Bonchev–Trinajstić information content (AvgIpc) is 2.20. The van der Waals surface area contributed by atoms with Gasteiger partial charge in [-0.1, -0.05) is 0 Å². The molecule has 4 heteroatoms. The van der Waals surface area contributed by atoms with Gasteiger partial charge in [-0.3, -0.25) is 4.79 Å². The Bertz CT molecular complexity index is 428. The van der Waals surface area contributed by atoms with Crippen LogP contribution in [0.4, 0.5) is 5.69 Å². The van der Waals surface area contributed by atoms with E-state index in [1.807, 2.05) is 6.92 Å². The maximum atomic E-state index is 11.5. The molecular formula is C11H15N3O. The van der Waals surface area contributed by atoms with E-state index >= 15 is 0 Å². The molecule has 0 bridgehead atoms. The number of rotatable bonds is 4. The van der Waals surface area contributed by atoms with Crippen molar-refractivity contribution >= 4 is 5.69 Å². The molecule has 4 nitrogen and oxygen atoms in total. The van der Waals surface area contributed by atoms with Gasteiger partial charge in [0.05, 0.1) is 11.8 Å². The van der Waals surface area contributed by atoms with Gasteiger partial charge in [0, 0.05) is 25.2 Å². The summed E-state index contributed by atoms with van der Waals surface area (Å²) < 4.78 is 1.60. The van der Waals surface area contributed by atoms with Crippen molar-refractivity contribution in [1.29, 1.82) is 5.26 Å². The van der Waals surface area contributed by atoms with Crippen LogP contribution >= 0.6 is 0 Å². The predicted octanol–water partition coefficient (Wildman–Crippen LogP) is 1.43. The van der Waals surface area contributed by atoms with Gasteiger partial charge in [-0.25, -0.2) is 0 Å². The number of unbranched alkanes of at least 4 members (excludes halogenated alkanes) is 2. The van der Waals surface area contributed by atoms with Crippen LogP contribution in [0.5, 0.6) is 0 Å². The first kappa shape index (κ1) is 11.3. The first-order chi connectivity index (χ1) is 7.15. The van der Waals surface area contributed by atoms with Gasteiger partial charge in [0.1, 0.15) is 0 Å². The molecule has 0 saturated heterocycles. The first-order valence-electron chi connectivity index (χ1n) is 4.98. The second-order valence-corrected chi connectivity index (χ2v) is 3.56. The van der Waals surface area contributed by atoms with Crippen LogP contribution in [-0.4, -0.2) is 4.57 Å². The number of nitriles is 1. The number of pyridine rings is 1. The molecule has 0 amide bonds. The number of hydrogen-bond donors (Lipinski definition) is 1. The minimum absolute atomic E-state index is 0.0290. The summed E-state index contributed by atoms with van der Waals surface area (Å²) in [6.45, 7) is 2.45. The third-order valence-corrected chi connectivity index (χ3v) is 2.31. The van der Waals surface area contributed by atoms with Crippen molar-refractivity contribution in [3.8, 4) is 6.07 Å². The summed E-state index contributed by atoms with van der Waals surface area (Å²) in [4.78, 5) is 11.5. The number of nitrogens with zero attached hydrogens (tertiary/aromatic N) is 2. The molecule has 0 aliphatic carbocycles. The van der Waals surface area contributed by atoms with E-state index in [1.165, 1.54) is 0 Å². The van der Waals surface area contributed by atoms with E-state index < -0.39 is 0 Å². The molecule has 1 aromatic rings. The Morgan fingerprint density at radius 1 is 1.53 bits per heavy atom. The molecule has 80 valence electrons. The van der Waals surface area contributed by atoms with Crippen LogP contribution in [0, 0.1) is 18.3 Å². The van der Waals surface area contributed by atoms with Crippen LogP contribution in [0.3, 0.4) is 0 Å². The zero-order valence-corrected chi connectivity index (χ0v) is 8.86. The number of nitrogen functional groups attached to an aromatic ring is 1. The fourth-order valence-electron chi connectivity index (χ4n) is 1.35.